The molecule has 0 amide bonds. The molecule has 0 aromatic rings. The fourth-order valence-electron chi connectivity index (χ4n) is 6.73. The summed E-state index contributed by atoms with van der Waals surface area (Å²) in [6, 6.07) is 0. The van der Waals surface area contributed by atoms with Crippen molar-refractivity contribution in [3.8, 4) is 0 Å². The van der Waals surface area contributed by atoms with E-state index in [1.54, 1.807) is 0 Å². The first-order valence-electron chi connectivity index (χ1n) is 20.5. The van der Waals surface area contributed by atoms with Gasteiger partial charge in [-0.25, -0.2) is 0 Å². The first kappa shape index (κ1) is 43.9. The van der Waals surface area contributed by atoms with E-state index in [2.05, 4.69) is 42.4 Å². The summed E-state index contributed by atoms with van der Waals surface area (Å²) >= 11 is 3.99. The normalized spacial score (nSPS) is 13.0. The van der Waals surface area contributed by atoms with E-state index in [0.29, 0.717) is 0 Å². The van der Waals surface area contributed by atoms with Crippen LogP contribution in [0.4, 0.5) is 0 Å². The van der Waals surface area contributed by atoms with Gasteiger partial charge >= 0.3 is 118 Å². The zero-order chi connectivity index (χ0) is 31.6. The Morgan fingerprint density at radius 3 is 0.535 bits per heavy atom. The molecule has 0 saturated carbocycles. The molecule has 0 aliphatic carbocycles. The summed E-state index contributed by atoms with van der Waals surface area (Å²) in [5.41, 5.74) is 0. The van der Waals surface area contributed by atoms with Gasteiger partial charge in [0.15, 0.2) is 0 Å². The van der Waals surface area contributed by atoms with Gasteiger partial charge in [-0.05, 0) is 0 Å². The molecule has 0 fully saturated rings. The van der Waals surface area contributed by atoms with Crippen LogP contribution in [0.15, 0.2) is 0 Å². The van der Waals surface area contributed by atoms with Gasteiger partial charge in [0.25, 0.3) is 0 Å². The van der Waals surface area contributed by atoms with Gasteiger partial charge in [0.05, 0.1) is 0 Å². The summed E-state index contributed by atoms with van der Waals surface area (Å²) < 4.78 is 0. The number of rotatable bonds is 37. The van der Waals surface area contributed by atoms with Gasteiger partial charge in [0, 0.05) is 0 Å². The van der Waals surface area contributed by atoms with E-state index in [0.717, 1.165) is 0 Å². The molecule has 2 heteroatoms. The third kappa shape index (κ3) is 42.9. The molecule has 0 spiro atoms. The average Bonchev–Trinajstić information content (AvgIpc) is 2.96. The summed E-state index contributed by atoms with van der Waals surface area (Å²) in [6.07, 6.45) is 54.7. The molecule has 0 aromatic heterocycles. The van der Waals surface area contributed by atoms with Crippen LogP contribution in [0.3, 0.4) is 0 Å². The Morgan fingerprint density at radius 1 is 0.256 bits per heavy atom. The van der Waals surface area contributed by atoms with Gasteiger partial charge in [-0.3, -0.25) is 0 Å². The Hall–Kier alpha value is 0.910. The molecule has 0 aromatic carbocycles. The maximum atomic E-state index is 3.99. The van der Waals surface area contributed by atoms with Crippen LogP contribution in [0.1, 0.15) is 238 Å². The fourth-order valence-corrected chi connectivity index (χ4v) is 8.77. The Kier molecular flexibility index (Phi) is 33.5. The zero-order valence-electron chi connectivity index (χ0n) is 31.0. The summed E-state index contributed by atoms with van der Waals surface area (Å²) in [5.74, 6) is 0. The van der Waals surface area contributed by atoms with Crippen LogP contribution in [0.2, 0.25) is 0 Å². The number of hydrogen-bond acceptors (Lipinski definition) is 0. The molecule has 0 aliphatic rings. The molecular weight excluding hydrogens is 603 g/mol. The van der Waals surface area contributed by atoms with Gasteiger partial charge in [0.2, 0.25) is 0 Å². The molecule has 0 aliphatic heterocycles. The second kappa shape index (κ2) is 32.8. The van der Waals surface area contributed by atoms with Crippen LogP contribution in [-0.2, 0) is 0 Å². The molecule has 0 nitrogen and oxygen atoms in total. The van der Waals surface area contributed by atoms with E-state index in [1.807, 2.05) is 0 Å². The first-order valence-corrected chi connectivity index (χ1v) is 26.3. The minimum atomic E-state index is -1.43. The molecule has 0 atom stereocenters. The quantitative estimate of drug-likeness (QED) is 0.0450. The molecule has 0 heterocycles. The second-order valence-corrected chi connectivity index (χ2v) is 30.2. The fraction of sp³-hybridized carbons (Fsp3) is 1.00. The van der Waals surface area contributed by atoms with Crippen LogP contribution in [-0.4, -0.2) is 26.2 Å². The van der Waals surface area contributed by atoms with E-state index in [1.165, 1.54) is 237 Å². The van der Waals surface area contributed by atoms with Crippen molar-refractivity contribution in [2.24, 2.45) is 0 Å². The Balaban J connectivity index is 3.07. The van der Waals surface area contributed by atoms with Gasteiger partial charge < -0.3 is 0 Å². The summed E-state index contributed by atoms with van der Waals surface area (Å²) in [5, 5.41) is -1.43. The van der Waals surface area contributed by atoms with E-state index in [-0.39, 0.29) is 0 Å². The third-order valence-corrected chi connectivity index (χ3v) is 12.7. The number of unbranched alkanes of at least 4 members (excludes halogenated alkanes) is 35. The topological polar surface area (TPSA) is 0 Å². The van der Waals surface area contributed by atoms with Crippen molar-refractivity contribution in [1.82, 2.24) is 0 Å². The van der Waals surface area contributed by atoms with E-state index in [4.69, 9.17) is 0 Å². The van der Waals surface area contributed by atoms with Gasteiger partial charge in [0.1, 0.15) is 0 Å². The number of halogens is 1. The zero-order valence-corrected chi connectivity index (χ0v) is 33.5. The van der Waals surface area contributed by atoms with Crippen molar-refractivity contribution in [3.05, 3.63) is 0 Å². The van der Waals surface area contributed by atoms with Crippen LogP contribution >= 0.6 is 20.8 Å². The Labute approximate surface area is 283 Å². The molecule has 0 saturated heterocycles. The van der Waals surface area contributed by atoms with Crippen molar-refractivity contribution in [3.63, 3.8) is 0 Å². The molecular formula is C41H86BrP. The van der Waals surface area contributed by atoms with Gasteiger partial charge in [-0.1, -0.05) is 167 Å². The van der Waals surface area contributed by atoms with Crippen LogP contribution in [0.5, 0.6) is 0 Å². The predicted molar refractivity (Wildman–Crippen MR) is 210 cm³/mol. The standard InChI is InChI=1S/C41H86BrP/c1-5-6-7-8-9-10-11-12-13-14-15-16-17-18-19-20-21-22-23-24-25-26-27-28-29-30-31-32-33-34-35-36-37-38-39-40-41-43(2,3,4)42/h5-41H2,1-4H3. The minimum absolute atomic E-state index is 1.37. The van der Waals surface area contributed by atoms with E-state index < -0.39 is 5.31 Å². The van der Waals surface area contributed by atoms with Crippen LogP contribution < -0.4 is 0 Å². The molecule has 262 valence electrons. The molecule has 43 heavy (non-hydrogen) atoms. The van der Waals surface area contributed by atoms with Crippen LogP contribution in [0.25, 0.3) is 0 Å². The van der Waals surface area contributed by atoms with Crippen molar-refractivity contribution in [2.45, 2.75) is 238 Å². The molecule has 0 bridgehead atoms. The SMILES string of the molecule is CCCCCCCCCCCCCCCCCCCCCCCCCCCCCCCCCCCCCCP(C)(C)(C)Br. The monoisotopic (exact) mass is 689 g/mol. The first-order chi connectivity index (χ1) is 20.8. The predicted octanol–water partition coefficient (Wildman–Crippen LogP) is 16.8. The van der Waals surface area contributed by atoms with Crippen molar-refractivity contribution < 1.29 is 0 Å². The summed E-state index contributed by atoms with van der Waals surface area (Å²) in [4.78, 5) is 0. The molecule has 0 radical (unpaired) electrons. The Bertz CT molecular complexity index is 512. The van der Waals surface area contributed by atoms with Gasteiger partial charge in [-0.2, -0.15) is 0 Å². The second-order valence-electron chi connectivity index (χ2n) is 16.0. The molecule has 0 unspecified atom stereocenters. The Morgan fingerprint density at radius 2 is 0.395 bits per heavy atom. The van der Waals surface area contributed by atoms with Crippen molar-refractivity contribution in [1.29, 1.82) is 0 Å². The average molecular weight is 690 g/mol. The third-order valence-electron chi connectivity index (χ3n) is 9.77. The summed E-state index contributed by atoms with van der Waals surface area (Å²) in [6.45, 7) is 9.63. The summed E-state index contributed by atoms with van der Waals surface area (Å²) in [7, 11) is 0. The van der Waals surface area contributed by atoms with Crippen molar-refractivity contribution >= 4 is 20.8 Å². The van der Waals surface area contributed by atoms with E-state index in [9.17, 15) is 0 Å². The van der Waals surface area contributed by atoms with Gasteiger partial charge in [-0.15, -0.1) is 0 Å². The van der Waals surface area contributed by atoms with E-state index >= 15 is 0 Å². The number of hydrogen-bond donors (Lipinski definition) is 0. The maximum absolute atomic E-state index is 3.99. The molecule has 0 N–H and O–H groups in total. The van der Waals surface area contributed by atoms with Crippen LogP contribution in [0, 0.1) is 0 Å². The molecule has 0 rings (SSSR count). The van der Waals surface area contributed by atoms with Crippen molar-refractivity contribution in [2.75, 3.05) is 26.2 Å².